The Morgan fingerprint density at radius 1 is 0.778 bits per heavy atom. The van der Waals surface area contributed by atoms with Gasteiger partial charge in [-0.25, -0.2) is 0 Å². The third kappa shape index (κ3) is 4.67. The van der Waals surface area contributed by atoms with Crippen LogP contribution in [0.3, 0.4) is 0 Å². The van der Waals surface area contributed by atoms with Gasteiger partial charge in [-0.05, 0) is 23.9 Å². The Bertz CT molecular complexity index is 1030. The maximum absolute atomic E-state index is 4.67. The Hall–Kier alpha value is -2.83. The molecule has 2 nitrogen and oxygen atoms in total. The summed E-state index contributed by atoms with van der Waals surface area (Å²) in [5.74, 6) is 0. The van der Waals surface area contributed by atoms with Gasteiger partial charge >= 0.3 is 21.1 Å². The van der Waals surface area contributed by atoms with E-state index in [1.807, 2.05) is 72.8 Å². The minimum Gasteiger partial charge on any atom is -0.294 e. The number of hydrogen-bond donors (Lipinski definition) is 0. The number of nitrogens with zero attached hydrogens (tertiary/aromatic N) is 2. The molecule has 0 atom stereocenters. The molecule has 0 radical (unpaired) electrons. The standard InChI is InChI=1S/C24H16N2.Pt/c1-2-9-19(10-3-1)22-13-5-4-11-20(22)16-17-21-12-8-15-24(26-21)23-14-6-7-18-25-23;/h1-9,11-15,17-18H;/q-2;+2. The summed E-state index contributed by atoms with van der Waals surface area (Å²) in [6, 6.07) is 31.2. The Labute approximate surface area is 173 Å². The van der Waals surface area contributed by atoms with Gasteiger partial charge in [0.05, 0.1) is 11.4 Å². The molecule has 0 aliphatic carbocycles. The van der Waals surface area contributed by atoms with E-state index in [1.165, 1.54) is 0 Å². The van der Waals surface area contributed by atoms with Crippen molar-refractivity contribution in [1.29, 1.82) is 0 Å². The van der Waals surface area contributed by atoms with Crippen LogP contribution < -0.4 is 0 Å². The van der Waals surface area contributed by atoms with Crippen LogP contribution in [0.25, 0.3) is 28.6 Å². The molecule has 0 saturated heterocycles. The van der Waals surface area contributed by atoms with Gasteiger partial charge in [-0.2, -0.15) is 0 Å². The van der Waals surface area contributed by atoms with Gasteiger partial charge in [0.15, 0.2) is 0 Å². The molecule has 0 bridgehead atoms. The van der Waals surface area contributed by atoms with Crippen LogP contribution >= 0.6 is 0 Å². The van der Waals surface area contributed by atoms with Gasteiger partial charge in [-0.15, -0.1) is 71.3 Å². The second-order valence-electron chi connectivity index (χ2n) is 5.77. The molecular weight excluding hydrogens is 511 g/mol. The van der Waals surface area contributed by atoms with E-state index in [-0.39, 0.29) is 21.1 Å². The van der Waals surface area contributed by atoms with Gasteiger partial charge in [0, 0.05) is 6.20 Å². The van der Waals surface area contributed by atoms with Crippen molar-refractivity contribution in [1.82, 2.24) is 9.97 Å². The number of benzene rings is 2. The molecule has 27 heavy (non-hydrogen) atoms. The molecule has 0 unspecified atom stereocenters. The summed E-state index contributed by atoms with van der Waals surface area (Å²) >= 11 is 0. The maximum Gasteiger partial charge on any atom is 2.00 e. The molecule has 0 aliphatic rings. The van der Waals surface area contributed by atoms with Crippen molar-refractivity contribution < 1.29 is 21.1 Å². The second-order valence-corrected chi connectivity index (χ2v) is 5.77. The molecule has 0 aliphatic heterocycles. The number of aromatic nitrogens is 2. The molecule has 2 heterocycles. The van der Waals surface area contributed by atoms with Gasteiger partial charge in [0.25, 0.3) is 0 Å². The predicted molar refractivity (Wildman–Crippen MR) is 105 cm³/mol. The van der Waals surface area contributed by atoms with E-state index in [1.54, 1.807) is 6.20 Å². The van der Waals surface area contributed by atoms with Crippen molar-refractivity contribution >= 4 is 6.08 Å². The van der Waals surface area contributed by atoms with Gasteiger partial charge in [0.2, 0.25) is 0 Å². The van der Waals surface area contributed by atoms with Crippen LogP contribution in [-0.2, 0) is 21.1 Å². The van der Waals surface area contributed by atoms with Crippen LogP contribution in [0.5, 0.6) is 0 Å². The van der Waals surface area contributed by atoms with Crippen LogP contribution in [0.1, 0.15) is 11.3 Å². The molecule has 0 spiro atoms. The van der Waals surface area contributed by atoms with E-state index in [9.17, 15) is 0 Å². The minimum absolute atomic E-state index is 0. The predicted octanol–water partition coefficient (Wildman–Crippen LogP) is 5.47. The Balaban J connectivity index is 0.00000210. The Morgan fingerprint density at radius 3 is 2.41 bits per heavy atom. The van der Waals surface area contributed by atoms with Gasteiger partial charge in [-0.1, -0.05) is 30.3 Å². The largest absolute Gasteiger partial charge is 2.00 e. The van der Waals surface area contributed by atoms with Crippen molar-refractivity contribution in [3.8, 4) is 22.5 Å². The molecule has 132 valence electrons. The van der Waals surface area contributed by atoms with Gasteiger partial charge in [-0.3, -0.25) is 9.97 Å². The van der Waals surface area contributed by atoms with E-state index in [2.05, 4.69) is 40.3 Å². The van der Waals surface area contributed by atoms with Crippen molar-refractivity contribution in [3.63, 3.8) is 0 Å². The van der Waals surface area contributed by atoms with E-state index in [4.69, 9.17) is 0 Å². The van der Waals surface area contributed by atoms with Gasteiger partial charge < -0.3 is 0 Å². The third-order valence-electron chi connectivity index (χ3n) is 4.00. The summed E-state index contributed by atoms with van der Waals surface area (Å²) < 4.78 is 0. The van der Waals surface area contributed by atoms with E-state index in [0.717, 1.165) is 33.8 Å². The van der Waals surface area contributed by atoms with E-state index >= 15 is 0 Å². The third-order valence-corrected chi connectivity index (χ3v) is 4.00. The molecule has 3 heteroatoms. The molecule has 4 aromatic rings. The molecule has 0 fully saturated rings. The zero-order valence-corrected chi connectivity index (χ0v) is 16.7. The normalized spacial score (nSPS) is 10.5. The number of pyridine rings is 2. The fraction of sp³-hybridized carbons (Fsp3) is 0. The zero-order valence-electron chi connectivity index (χ0n) is 14.4. The van der Waals surface area contributed by atoms with Crippen LogP contribution in [0.4, 0.5) is 0 Å². The molecule has 2 aromatic carbocycles. The molecular formula is C24H16N2Pt. The van der Waals surface area contributed by atoms with E-state index in [0.29, 0.717) is 0 Å². The fourth-order valence-corrected chi connectivity index (χ4v) is 2.75. The zero-order chi connectivity index (χ0) is 17.6. The summed E-state index contributed by atoms with van der Waals surface area (Å²) in [5, 5.41) is 0. The average molecular weight is 527 g/mol. The Morgan fingerprint density at radius 2 is 1.59 bits per heavy atom. The summed E-state index contributed by atoms with van der Waals surface area (Å²) in [4.78, 5) is 9.03. The molecule has 2 aromatic heterocycles. The van der Waals surface area contributed by atoms with Crippen LogP contribution in [-0.4, -0.2) is 9.97 Å². The SMILES string of the molecule is [C-](=Cc1cccc(-c2ccccn2)n1)c1ccccc1-c1[c-]cccc1.[Pt+2]. The smallest absolute Gasteiger partial charge is 0.294 e. The van der Waals surface area contributed by atoms with Crippen molar-refractivity contribution in [2.24, 2.45) is 0 Å². The number of rotatable bonds is 4. The molecule has 0 saturated carbocycles. The minimum atomic E-state index is 0. The summed E-state index contributed by atoms with van der Waals surface area (Å²) in [5.41, 5.74) is 5.73. The number of hydrogen-bond acceptors (Lipinski definition) is 2. The van der Waals surface area contributed by atoms with Crippen LogP contribution in [0, 0.1) is 12.1 Å². The average Bonchev–Trinajstić information content (AvgIpc) is 2.74. The van der Waals surface area contributed by atoms with Crippen LogP contribution in [0.2, 0.25) is 0 Å². The molecule has 0 amide bonds. The van der Waals surface area contributed by atoms with Crippen LogP contribution in [0.15, 0.2) is 91.1 Å². The molecule has 0 N–H and O–H groups in total. The van der Waals surface area contributed by atoms with E-state index < -0.39 is 0 Å². The monoisotopic (exact) mass is 527 g/mol. The first kappa shape index (κ1) is 18.9. The van der Waals surface area contributed by atoms with Crippen molar-refractivity contribution in [2.75, 3.05) is 0 Å². The maximum atomic E-state index is 4.67. The first-order valence-corrected chi connectivity index (χ1v) is 8.44. The summed E-state index contributed by atoms with van der Waals surface area (Å²) in [6.07, 6.45) is 7.07. The van der Waals surface area contributed by atoms with Gasteiger partial charge in [0.1, 0.15) is 0 Å². The second kappa shape index (κ2) is 9.21. The first-order chi connectivity index (χ1) is 12.9. The fourth-order valence-electron chi connectivity index (χ4n) is 2.75. The van der Waals surface area contributed by atoms with Crippen molar-refractivity contribution in [2.45, 2.75) is 0 Å². The Kier molecular flexibility index (Phi) is 6.46. The quantitative estimate of drug-likeness (QED) is 0.329. The first-order valence-electron chi connectivity index (χ1n) is 8.44. The topological polar surface area (TPSA) is 25.8 Å². The summed E-state index contributed by atoms with van der Waals surface area (Å²) in [7, 11) is 0. The molecule has 4 rings (SSSR count). The summed E-state index contributed by atoms with van der Waals surface area (Å²) in [6.45, 7) is 0. The van der Waals surface area contributed by atoms with Crippen molar-refractivity contribution in [3.05, 3.63) is 115 Å².